The number of hydrogen-bond donors (Lipinski definition) is 0. The number of carbonyl (C=O) groups excluding carboxylic acids is 2. The van der Waals surface area contributed by atoms with Crippen molar-refractivity contribution < 1.29 is 33.3 Å². The maximum atomic E-state index is 12.5. The topological polar surface area (TPSA) is 80.3 Å². The third-order valence-electron chi connectivity index (χ3n) is 6.62. The summed E-state index contributed by atoms with van der Waals surface area (Å²) < 4.78 is 28.7. The lowest BCUT2D eigenvalue weighted by Crippen LogP contribution is -2.18. The Labute approximate surface area is 208 Å². The van der Waals surface area contributed by atoms with Crippen molar-refractivity contribution in [3.63, 3.8) is 0 Å². The van der Waals surface area contributed by atoms with Gasteiger partial charge in [-0.05, 0) is 34.4 Å². The summed E-state index contributed by atoms with van der Waals surface area (Å²) in [5, 5.41) is 0. The SMILES string of the molecule is O=C(Cc1ccccc1)OCC1=C(COC(=O)Cc2ccccc2)[C@@H]2O[C@H]1c1cc3c(cc12)OCO3. The first-order valence-corrected chi connectivity index (χ1v) is 11.9. The molecule has 0 radical (unpaired) electrons. The van der Waals surface area contributed by atoms with Crippen LogP contribution in [0.2, 0.25) is 0 Å². The van der Waals surface area contributed by atoms with Gasteiger partial charge in [-0.1, -0.05) is 60.7 Å². The lowest BCUT2D eigenvalue weighted by atomic mass is 9.86. The van der Waals surface area contributed by atoms with Crippen LogP contribution in [0.5, 0.6) is 11.5 Å². The van der Waals surface area contributed by atoms with Crippen LogP contribution in [-0.4, -0.2) is 31.9 Å². The number of ether oxygens (including phenoxy) is 5. The third-order valence-corrected chi connectivity index (χ3v) is 6.62. The van der Waals surface area contributed by atoms with Gasteiger partial charge in [0.1, 0.15) is 25.4 Å². The zero-order chi connectivity index (χ0) is 24.5. The quantitative estimate of drug-likeness (QED) is 0.346. The van der Waals surface area contributed by atoms with Crippen molar-refractivity contribution in [2.75, 3.05) is 20.0 Å². The van der Waals surface area contributed by atoms with Crippen molar-refractivity contribution in [1.82, 2.24) is 0 Å². The summed E-state index contributed by atoms with van der Waals surface area (Å²) in [4.78, 5) is 25.1. The van der Waals surface area contributed by atoms with Crippen LogP contribution >= 0.6 is 0 Å². The number of rotatable bonds is 8. The summed E-state index contributed by atoms with van der Waals surface area (Å²) in [5.41, 5.74) is 5.29. The maximum Gasteiger partial charge on any atom is 0.310 e. The predicted octanol–water partition coefficient (Wildman–Crippen LogP) is 4.41. The van der Waals surface area contributed by atoms with Gasteiger partial charge in [0, 0.05) is 11.1 Å². The van der Waals surface area contributed by atoms with E-state index in [4.69, 9.17) is 23.7 Å². The van der Waals surface area contributed by atoms with Crippen molar-refractivity contribution in [1.29, 1.82) is 0 Å². The molecule has 0 aromatic heterocycles. The molecule has 0 fully saturated rings. The molecule has 3 aliphatic rings. The molecule has 0 N–H and O–H groups in total. The van der Waals surface area contributed by atoms with E-state index in [0.717, 1.165) is 33.4 Å². The predicted molar refractivity (Wildman–Crippen MR) is 128 cm³/mol. The molecule has 36 heavy (non-hydrogen) atoms. The molecule has 3 aliphatic heterocycles. The minimum atomic E-state index is -0.396. The van der Waals surface area contributed by atoms with Gasteiger partial charge in [-0.15, -0.1) is 0 Å². The van der Waals surface area contributed by atoms with Crippen LogP contribution in [0.1, 0.15) is 34.5 Å². The standard InChI is InChI=1S/C29H24O7/c30-26(11-18-7-3-1-4-8-18)32-15-22-23(16-33-27(31)12-19-9-5-2-6-10-19)29-21-14-25-24(34-17-35-25)13-20(21)28(22)36-29/h1-10,13-14,28-29H,11-12,15-17H2/t28-,29+. The highest BCUT2D eigenvalue weighted by Crippen LogP contribution is 2.56. The molecule has 0 unspecified atom stereocenters. The molecule has 182 valence electrons. The molecular weight excluding hydrogens is 460 g/mol. The largest absolute Gasteiger partial charge is 0.461 e. The Morgan fingerprint density at radius 2 is 1.14 bits per heavy atom. The molecule has 0 spiro atoms. The minimum absolute atomic E-state index is 0.0618. The highest BCUT2D eigenvalue weighted by atomic mass is 16.7. The molecule has 2 bridgehead atoms. The Morgan fingerprint density at radius 3 is 1.58 bits per heavy atom. The fourth-order valence-electron chi connectivity index (χ4n) is 4.87. The molecule has 6 rings (SSSR count). The summed E-state index contributed by atoms with van der Waals surface area (Å²) >= 11 is 0. The molecule has 3 aromatic carbocycles. The highest BCUT2D eigenvalue weighted by molar-refractivity contribution is 5.73. The molecule has 0 amide bonds. The van der Waals surface area contributed by atoms with Crippen molar-refractivity contribution >= 4 is 11.9 Å². The van der Waals surface area contributed by atoms with Gasteiger partial charge in [0.2, 0.25) is 6.79 Å². The van der Waals surface area contributed by atoms with Crippen LogP contribution in [0.15, 0.2) is 83.9 Å². The average molecular weight is 485 g/mol. The van der Waals surface area contributed by atoms with Gasteiger partial charge >= 0.3 is 11.9 Å². The van der Waals surface area contributed by atoms with Crippen LogP contribution < -0.4 is 9.47 Å². The number of carbonyl (C=O) groups is 2. The van der Waals surface area contributed by atoms with Crippen LogP contribution in [0.4, 0.5) is 0 Å². The number of fused-ring (bicyclic) bond motifs is 6. The van der Waals surface area contributed by atoms with Crippen molar-refractivity contribution in [3.05, 3.63) is 106 Å². The summed E-state index contributed by atoms with van der Waals surface area (Å²) in [6.45, 7) is 0.300. The van der Waals surface area contributed by atoms with E-state index >= 15 is 0 Å². The maximum absolute atomic E-state index is 12.5. The van der Waals surface area contributed by atoms with E-state index in [0.29, 0.717) is 11.5 Å². The Bertz CT molecular complexity index is 1230. The first-order valence-electron chi connectivity index (χ1n) is 11.9. The third kappa shape index (κ3) is 4.33. The van der Waals surface area contributed by atoms with Gasteiger partial charge in [-0.3, -0.25) is 9.59 Å². The zero-order valence-electron chi connectivity index (χ0n) is 19.5. The molecule has 3 aromatic rings. The lowest BCUT2D eigenvalue weighted by Gasteiger charge is -2.20. The first kappa shape index (κ1) is 22.4. The second-order valence-corrected chi connectivity index (χ2v) is 8.93. The molecular formula is C29H24O7. The van der Waals surface area contributed by atoms with Crippen LogP contribution in [0.3, 0.4) is 0 Å². The van der Waals surface area contributed by atoms with Crippen LogP contribution in [0.25, 0.3) is 0 Å². The average Bonchev–Trinajstić information content (AvgIpc) is 3.59. The molecule has 7 nitrogen and oxygen atoms in total. The molecule has 3 heterocycles. The van der Waals surface area contributed by atoms with Crippen molar-refractivity contribution in [2.45, 2.75) is 25.0 Å². The smallest absolute Gasteiger partial charge is 0.310 e. The minimum Gasteiger partial charge on any atom is -0.461 e. The Hall–Kier alpha value is -4.10. The number of benzene rings is 3. The van der Waals surface area contributed by atoms with Gasteiger partial charge < -0.3 is 23.7 Å². The molecule has 0 saturated carbocycles. The van der Waals surface area contributed by atoms with Gasteiger partial charge in [-0.2, -0.15) is 0 Å². The van der Waals surface area contributed by atoms with E-state index in [1.54, 1.807) is 0 Å². The fourth-order valence-corrected chi connectivity index (χ4v) is 4.87. The Balaban J connectivity index is 1.20. The van der Waals surface area contributed by atoms with Gasteiger partial charge in [0.05, 0.1) is 12.8 Å². The second-order valence-electron chi connectivity index (χ2n) is 8.93. The monoisotopic (exact) mass is 484 g/mol. The van der Waals surface area contributed by atoms with Crippen LogP contribution in [0, 0.1) is 0 Å². The molecule has 2 atom stereocenters. The van der Waals surface area contributed by atoms with Gasteiger partial charge in [0.25, 0.3) is 0 Å². The summed E-state index contributed by atoms with van der Waals surface area (Å²) in [6, 6.07) is 22.7. The normalized spacial score (nSPS) is 18.8. The second kappa shape index (κ2) is 9.51. The Morgan fingerprint density at radius 1 is 0.694 bits per heavy atom. The van der Waals surface area contributed by atoms with Gasteiger partial charge in [0.15, 0.2) is 11.5 Å². The van der Waals surface area contributed by atoms with E-state index < -0.39 is 12.2 Å². The Kier molecular flexibility index (Phi) is 5.91. The fraction of sp³-hybridized carbons (Fsp3) is 0.241. The van der Waals surface area contributed by atoms with E-state index in [-0.39, 0.29) is 44.8 Å². The van der Waals surface area contributed by atoms with Gasteiger partial charge in [-0.25, -0.2) is 0 Å². The summed E-state index contributed by atoms with van der Waals surface area (Å²) in [6.07, 6.45) is -0.432. The molecule has 0 saturated heterocycles. The molecule has 7 heteroatoms. The number of hydrogen-bond acceptors (Lipinski definition) is 7. The lowest BCUT2D eigenvalue weighted by molar-refractivity contribution is -0.143. The first-order chi connectivity index (χ1) is 17.7. The highest BCUT2D eigenvalue weighted by Gasteiger charge is 2.46. The number of esters is 2. The van der Waals surface area contributed by atoms with E-state index in [1.165, 1.54) is 0 Å². The summed E-state index contributed by atoms with van der Waals surface area (Å²) in [5.74, 6) is 0.674. The van der Waals surface area contributed by atoms with E-state index in [9.17, 15) is 9.59 Å². The van der Waals surface area contributed by atoms with Crippen molar-refractivity contribution in [2.24, 2.45) is 0 Å². The van der Waals surface area contributed by atoms with Crippen LogP contribution in [-0.2, 0) is 36.6 Å². The molecule has 0 aliphatic carbocycles. The van der Waals surface area contributed by atoms with E-state index in [1.807, 2.05) is 72.8 Å². The van der Waals surface area contributed by atoms with E-state index in [2.05, 4.69) is 0 Å². The van der Waals surface area contributed by atoms with Crippen molar-refractivity contribution in [3.8, 4) is 11.5 Å². The zero-order valence-corrected chi connectivity index (χ0v) is 19.5. The summed E-state index contributed by atoms with van der Waals surface area (Å²) in [7, 11) is 0.